The second-order valence-corrected chi connectivity index (χ2v) is 3.88. The van der Waals surface area contributed by atoms with Gasteiger partial charge in [-0.2, -0.15) is 0 Å². The van der Waals surface area contributed by atoms with E-state index in [1.165, 1.54) is 7.11 Å². The Bertz CT molecular complexity index is 366. The first-order valence-electron chi connectivity index (χ1n) is 5.24. The van der Waals surface area contributed by atoms with E-state index in [2.05, 4.69) is 4.98 Å². The smallest absolute Gasteiger partial charge is 0.251 e. The van der Waals surface area contributed by atoms with Gasteiger partial charge in [0.15, 0.2) is 0 Å². The molecule has 1 aromatic heterocycles. The molecule has 0 aliphatic heterocycles. The third-order valence-corrected chi connectivity index (χ3v) is 2.46. The molecule has 0 radical (unpaired) electrons. The van der Waals surface area contributed by atoms with Crippen LogP contribution in [0, 0.1) is 6.92 Å². The van der Waals surface area contributed by atoms with Crippen LogP contribution in [0.25, 0.3) is 0 Å². The van der Waals surface area contributed by atoms with Gasteiger partial charge in [-0.15, -0.1) is 0 Å². The molecule has 0 saturated carbocycles. The van der Waals surface area contributed by atoms with Crippen LogP contribution < -0.4 is 0 Å². The summed E-state index contributed by atoms with van der Waals surface area (Å²) in [6.45, 7) is 4.26. The number of hydrogen-bond donors (Lipinski definition) is 0. The molecule has 1 aromatic rings. The van der Waals surface area contributed by atoms with Crippen LogP contribution in [0.4, 0.5) is 0 Å². The van der Waals surface area contributed by atoms with Gasteiger partial charge in [0.05, 0.1) is 0 Å². The van der Waals surface area contributed by atoms with Crippen molar-refractivity contribution in [2.45, 2.75) is 26.5 Å². The van der Waals surface area contributed by atoms with Crippen molar-refractivity contribution >= 4 is 5.91 Å². The van der Waals surface area contributed by atoms with Crippen LogP contribution in [0.15, 0.2) is 18.3 Å². The summed E-state index contributed by atoms with van der Waals surface area (Å²) in [5.74, 6) is -0.0167. The number of nitrogens with zero attached hydrogens (tertiary/aromatic N) is 2. The number of aryl methyl sites for hydroxylation is 1. The average Bonchev–Trinajstić information content (AvgIpc) is 2.27. The number of ether oxygens (including phenoxy) is 1. The molecule has 88 valence electrons. The van der Waals surface area contributed by atoms with Gasteiger partial charge in [0, 0.05) is 32.6 Å². The van der Waals surface area contributed by atoms with Gasteiger partial charge in [-0.3, -0.25) is 9.78 Å². The first kappa shape index (κ1) is 12.6. The van der Waals surface area contributed by atoms with Crippen LogP contribution in [0.1, 0.15) is 18.2 Å². The van der Waals surface area contributed by atoms with E-state index in [1.807, 2.05) is 19.1 Å². The number of carbonyl (C=O) groups is 1. The zero-order valence-electron chi connectivity index (χ0n) is 10.2. The Labute approximate surface area is 96.2 Å². The van der Waals surface area contributed by atoms with Gasteiger partial charge in [0.1, 0.15) is 6.10 Å². The molecule has 0 N–H and O–H groups in total. The number of rotatable bonds is 4. The van der Waals surface area contributed by atoms with E-state index in [1.54, 1.807) is 25.1 Å². The van der Waals surface area contributed by atoms with Crippen molar-refractivity contribution < 1.29 is 9.53 Å². The van der Waals surface area contributed by atoms with E-state index in [9.17, 15) is 4.79 Å². The van der Waals surface area contributed by atoms with Gasteiger partial charge >= 0.3 is 0 Å². The minimum Gasteiger partial charge on any atom is -0.372 e. The predicted molar refractivity (Wildman–Crippen MR) is 61.9 cm³/mol. The lowest BCUT2D eigenvalue weighted by Crippen LogP contribution is -2.35. The molecule has 1 rings (SSSR count). The highest BCUT2D eigenvalue weighted by molar-refractivity contribution is 5.80. The van der Waals surface area contributed by atoms with Crippen LogP contribution >= 0.6 is 0 Å². The summed E-state index contributed by atoms with van der Waals surface area (Å²) in [5.41, 5.74) is 2.03. The summed E-state index contributed by atoms with van der Waals surface area (Å²) >= 11 is 0. The van der Waals surface area contributed by atoms with Crippen LogP contribution in [0.5, 0.6) is 0 Å². The van der Waals surface area contributed by atoms with Crippen molar-refractivity contribution in [1.29, 1.82) is 0 Å². The second kappa shape index (κ2) is 5.61. The van der Waals surface area contributed by atoms with Gasteiger partial charge < -0.3 is 9.64 Å². The number of amides is 1. The third-order valence-electron chi connectivity index (χ3n) is 2.46. The molecule has 0 aliphatic carbocycles. The number of carbonyl (C=O) groups excluding carboxylic acids is 1. The summed E-state index contributed by atoms with van der Waals surface area (Å²) in [5, 5.41) is 0. The molecule has 0 unspecified atom stereocenters. The Morgan fingerprint density at radius 1 is 1.62 bits per heavy atom. The third kappa shape index (κ3) is 3.31. The summed E-state index contributed by atoms with van der Waals surface area (Å²) in [6, 6.07) is 3.88. The summed E-state index contributed by atoms with van der Waals surface area (Å²) in [6.07, 6.45) is 1.36. The monoisotopic (exact) mass is 222 g/mol. The van der Waals surface area contributed by atoms with Crippen molar-refractivity contribution in [3.8, 4) is 0 Å². The quantitative estimate of drug-likeness (QED) is 0.773. The van der Waals surface area contributed by atoms with E-state index in [-0.39, 0.29) is 5.91 Å². The van der Waals surface area contributed by atoms with Crippen LogP contribution in [0.3, 0.4) is 0 Å². The Morgan fingerprint density at radius 3 is 2.88 bits per heavy atom. The highest BCUT2D eigenvalue weighted by atomic mass is 16.5. The van der Waals surface area contributed by atoms with Gasteiger partial charge in [-0.25, -0.2) is 0 Å². The SMILES string of the molecule is CO[C@@H](C)C(=O)N(C)Cc1ccnc(C)c1. The molecule has 4 heteroatoms. The molecular formula is C12H18N2O2. The Kier molecular flexibility index (Phi) is 4.43. The van der Waals surface area contributed by atoms with E-state index in [4.69, 9.17) is 4.74 Å². The van der Waals surface area contributed by atoms with Crippen molar-refractivity contribution in [2.75, 3.05) is 14.2 Å². The second-order valence-electron chi connectivity index (χ2n) is 3.88. The Hall–Kier alpha value is -1.42. The molecule has 1 atom stereocenters. The molecule has 4 nitrogen and oxygen atoms in total. The number of aromatic nitrogens is 1. The summed E-state index contributed by atoms with van der Waals surface area (Å²) in [7, 11) is 3.31. The molecule has 0 aliphatic rings. The van der Waals surface area contributed by atoms with Crippen molar-refractivity contribution in [2.24, 2.45) is 0 Å². The molecule has 1 heterocycles. The first-order valence-corrected chi connectivity index (χ1v) is 5.24. The fourth-order valence-electron chi connectivity index (χ4n) is 1.47. The Morgan fingerprint density at radius 2 is 2.31 bits per heavy atom. The molecule has 1 amide bonds. The number of pyridine rings is 1. The molecule has 0 bridgehead atoms. The van der Waals surface area contributed by atoms with Crippen LogP contribution in [-0.4, -0.2) is 36.1 Å². The van der Waals surface area contributed by atoms with Crippen LogP contribution in [0.2, 0.25) is 0 Å². The zero-order chi connectivity index (χ0) is 12.1. The topological polar surface area (TPSA) is 42.4 Å². The van der Waals surface area contributed by atoms with E-state index in [0.29, 0.717) is 6.54 Å². The van der Waals surface area contributed by atoms with E-state index in [0.717, 1.165) is 11.3 Å². The average molecular weight is 222 g/mol. The zero-order valence-corrected chi connectivity index (χ0v) is 10.2. The first-order chi connectivity index (χ1) is 7.54. The van der Waals surface area contributed by atoms with E-state index < -0.39 is 6.10 Å². The number of methoxy groups -OCH3 is 1. The van der Waals surface area contributed by atoms with Gasteiger partial charge in [0.2, 0.25) is 0 Å². The van der Waals surface area contributed by atoms with Crippen molar-refractivity contribution in [3.63, 3.8) is 0 Å². The van der Waals surface area contributed by atoms with Crippen LogP contribution in [-0.2, 0) is 16.1 Å². The molecule has 16 heavy (non-hydrogen) atoms. The maximum atomic E-state index is 11.7. The highest BCUT2D eigenvalue weighted by Gasteiger charge is 2.16. The molecule has 0 fully saturated rings. The summed E-state index contributed by atoms with van der Waals surface area (Å²) in [4.78, 5) is 17.5. The lowest BCUT2D eigenvalue weighted by Gasteiger charge is -2.20. The highest BCUT2D eigenvalue weighted by Crippen LogP contribution is 2.06. The number of likely N-dealkylation sites (N-methyl/N-ethyl adjacent to an activating group) is 1. The van der Waals surface area contributed by atoms with Gasteiger partial charge in [-0.1, -0.05) is 0 Å². The van der Waals surface area contributed by atoms with Gasteiger partial charge in [0.25, 0.3) is 5.91 Å². The maximum absolute atomic E-state index is 11.7. The fraction of sp³-hybridized carbons (Fsp3) is 0.500. The maximum Gasteiger partial charge on any atom is 0.251 e. The van der Waals surface area contributed by atoms with Crippen molar-refractivity contribution in [1.82, 2.24) is 9.88 Å². The van der Waals surface area contributed by atoms with Gasteiger partial charge in [-0.05, 0) is 31.5 Å². The fourth-order valence-corrected chi connectivity index (χ4v) is 1.47. The molecule has 0 saturated heterocycles. The summed E-state index contributed by atoms with van der Waals surface area (Å²) < 4.78 is 4.99. The number of hydrogen-bond acceptors (Lipinski definition) is 3. The largest absolute Gasteiger partial charge is 0.372 e. The molecule has 0 aromatic carbocycles. The molecule has 0 spiro atoms. The standard InChI is InChI=1S/C12H18N2O2/c1-9-7-11(5-6-13-9)8-14(3)12(15)10(2)16-4/h5-7,10H,8H2,1-4H3/t10-/m0/s1. The minimum atomic E-state index is -0.395. The predicted octanol–water partition coefficient (Wildman–Crippen LogP) is 1.38. The lowest BCUT2D eigenvalue weighted by atomic mass is 10.2. The lowest BCUT2D eigenvalue weighted by molar-refractivity contribution is -0.140. The minimum absolute atomic E-state index is 0.0167. The Balaban J connectivity index is 2.64. The van der Waals surface area contributed by atoms with E-state index >= 15 is 0 Å². The normalized spacial score (nSPS) is 12.2. The molecular weight excluding hydrogens is 204 g/mol. The van der Waals surface area contributed by atoms with Crippen molar-refractivity contribution in [3.05, 3.63) is 29.6 Å².